The zero-order valence-electron chi connectivity index (χ0n) is 15.5. The van der Waals surface area contributed by atoms with Crippen molar-refractivity contribution in [2.45, 2.75) is 44.3 Å². The molecule has 4 aliphatic rings. The lowest BCUT2D eigenvalue weighted by Gasteiger charge is -2.51. The van der Waals surface area contributed by atoms with Crippen molar-refractivity contribution in [3.05, 3.63) is 40.4 Å². The smallest absolute Gasteiger partial charge is 0.118 e. The van der Waals surface area contributed by atoms with Crippen molar-refractivity contribution in [3.8, 4) is 5.75 Å². The third-order valence-corrected chi connectivity index (χ3v) is 7.54. The number of piperidine rings is 3. The molecule has 4 aliphatic heterocycles. The van der Waals surface area contributed by atoms with E-state index in [1.165, 1.54) is 36.4 Å². The van der Waals surface area contributed by atoms with Gasteiger partial charge in [-0.15, -0.1) is 5.10 Å². The van der Waals surface area contributed by atoms with Crippen LogP contribution in [0.5, 0.6) is 5.75 Å². The second-order valence-electron chi connectivity index (χ2n) is 7.95. The second-order valence-corrected chi connectivity index (χ2v) is 8.78. The first kappa shape index (κ1) is 16.7. The Morgan fingerprint density at radius 2 is 1.92 bits per heavy atom. The number of nitrogens with zero attached hydrogens (tertiary/aromatic N) is 4. The van der Waals surface area contributed by atoms with E-state index >= 15 is 0 Å². The molecule has 5 nitrogen and oxygen atoms in total. The first-order valence-electron chi connectivity index (χ1n) is 9.64. The predicted octanol–water partition coefficient (Wildman–Crippen LogP) is 2.92. The third-order valence-electron chi connectivity index (χ3n) is 6.73. The largest absolute Gasteiger partial charge is 0.497 e. The summed E-state index contributed by atoms with van der Waals surface area (Å²) in [7, 11) is 1.74. The molecular weight excluding hydrogens is 344 g/mol. The van der Waals surface area contributed by atoms with E-state index in [2.05, 4.69) is 50.6 Å². The number of fused-ring (bicyclic) bond motifs is 2. The van der Waals surface area contributed by atoms with Crippen LogP contribution in [0.4, 0.5) is 0 Å². The molecule has 0 amide bonds. The summed E-state index contributed by atoms with van der Waals surface area (Å²) < 4.78 is 9.51. The average molecular weight is 371 g/mol. The van der Waals surface area contributed by atoms with Crippen LogP contribution >= 0.6 is 11.5 Å². The van der Waals surface area contributed by atoms with Crippen molar-refractivity contribution in [2.24, 2.45) is 5.92 Å². The molecule has 5 heterocycles. The summed E-state index contributed by atoms with van der Waals surface area (Å²) in [4.78, 5) is 6.82. The Hall–Kier alpha value is -1.50. The fraction of sp³-hybridized carbons (Fsp3) is 0.600. The first-order valence-corrected chi connectivity index (χ1v) is 10.4. The van der Waals surface area contributed by atoms with Gasteiger partial charge < -0.3 is 4.74 Å². The molecule has 2 bridgehead atoms. The van der Waals surface area contributed by atoms with E-state index in [1.807, 2.05) is 0 Å². The SMILES string of the molecule is COc1ccc([C@@H]2CN(Cc3snnc3C)[C@@H]3C4CCN(CC4)[C@@H]32)cc1. The van der Waals surface area contributed by atoms with Gasteiger partial charge in [-0.1, -0.05) is 16.6 Å². The lowest BCUT2D eigenvalue weighted by atomic mass is 9.75. The summed E-state index contributed by atoms with van der Waals surface area (Å²) in [6, 6.07) is 10.1. The number of aryl methyl sites for hydroxylation is 1. The highest BCUT2D eigenvalue weighted by Gasteiger charge is 2.53. The molecule has 0 radical (unpaired) electrons. The summed E-state index contributed by atoms with van der Waals surface area (Å²) in [6.45, 7) is 6.76. The van der Waals surface area contributed by atoms with Crippen LogP contribution in [0.25, 0.3) is 0 Å². The van der Waals surface area contributed by atoms with E-state index in [1.54, 1.807) is 18.6 Å². The molecule has 4 fully saturated rings. The van der Waals surface area contributed by atoms with Gasteiger partial charge in [-0.25, -0.2) is 0 Å². The Morgan fingerprint density at radius 3 is 2.58 bits per heavy atom. The van der Waals surface area contributed by atoms with Crippen molar-refractivity contribution in [1.29, 1.82) is 0 Å². The third kappa shape index (κ3) is 2.66. The normalized spacial score (nSPS) is 33.4. The number of aromatic nitrogens is 2. The molecule has 0 N–H and O–H groups in total. The van der Waals surface area contributed by atoms with E-state index in [4.69, 9.17) is 4.74 Å². The molecule has 2 aromatic rings. The van der Waals surface area contributed by atoms with Gasteiger partial charge in [-0.2, -0.15) is 0 Å². The van der Waals surface area contributed by atoms with E-state index < -0.39 is 0 Å². The zero-order valence-corrected chi connectivity index (χ0v) is 16.3. The molecule has 1 aromatic carbocycles. The zero-order chi connectivity index (χ0) is 17.7. The van der Waals surface area contributed by atoms with E-state index in [0.717, 1.165) is 30.5 Å². The number of methoxy groups -OCH3 is 1. The van der Waals surface area contributed by atoms with Crippen LogP contribution in [0.2, 0.25) is 0 Å². The minimum Gasteiger partial charge on any atom is -0.497 e. The van der Waals surface area contributed by atoms with E-state index in [9.17, 15) is 0 Å². The van der Waals surface area contributed by atoms with E-state index in [0.29, 0.717) is 18.0 Å². The molecule has 0 unspecified atom stereocenters. The Balaban J connectivity index is 1.47. The van der Waals surface area contributed by atoms with Crippen molar-refractivity contribution >= 4 is 11.5 Å². The highest BCUT2D eigenvalue weighted by Crippen LogP contribution is 2.47. The van der Waals surface area contributed by atoms with Gasteiger partial charge in [0.15, 0.2) is 0 Å². The average Bonchev–Trinajstić information content (AvgIpc) is 3.28. The number of likely N-dealkylation sites (tertiary alicyclic amines) is 1. The van der Waals surface area contributed by atoms with Crippen LogP contribution in [0.1, 0.15) is 34.9 Å². The molecule has 26 heavy (non-hydrogen) atoms. The Bertz CT molecular complexity index is 768. The molecule has 4 saturated heterocycles. The highest BCUT2D eigenvalue weighted by atomic mass is 32.1. The molecule has 0 aliphatic carbocycles. The quantitative estimate of drug-likeness (QED) is 0.828. The molecule has 138 valence electrons. The lowest BCUT2D eigenvalue weighted by Crippen LogP contribution is -2.59. The van der Waals surface area contributed by atoms with Crippen LogP contribution in [-0.4, -0.2) is 58.2 Å². The molecular formula is C20H26N4OS. The maximum atomic E-state index is 5.36. The second kappa shape index (κ2) is 6.59. The maximum absolute atomic E-state index is 5.36. The van der Waals surface area contributed by atoms with Crippen LogP contribution in [0.15, 0.2) is 24.3 Å². The maximum Gasteiger partial charge on any atom is 0.118 e. The minimum absolute atomic E-state index is 0.579. The Morgan fingerprint density at radius 1 is 1.15 bits per heavy atom. The van der Waals surface area contributed by atoms with Gasteiger partial charge in [0.1, 0.15) is 5.75 Å². The number of ether oxygens (including phenoxy) is 1. The topological polar surface area (TPSA) is 41.5 Å². The molecule has 0 saturated carbocycles. The van der Waals surface area contributed by atoms with Crippen LogP contribution in [0, 0.1) is 12.8 Å². The van der Waals surface area contributed by atoms with Gasteiger partial charge in [0.05, 0.1) is 17.7 Å². The highest BCUT2D eigenvalue weighted by molar-refractivity contribution is 7.05. The fourth-order valence-electron chi connectivity index (χ4n) is 5.45. The Labute approximate surface area is 159 Å². The summed E-state index contributed by atoms with van der Waals surface area (Å²) in [5, 5.41) is 4.22. The van der Waals surface area contributed by atoms with Gasteiger partial charge in [-0.3, -0.25) is 9.80 Å². The molecule has 6 rings (SSSR count). The van der Waals surface area contributed by atoms with Crippen molar-refractivity contribution in [1.82, 2.24) is 19.4 Å². The standard InChI is InChI=1S/C20H26N4OS/c1-13-18(26-22-21-13)12-24-11-17(14-3-5-16(25-2)6-4-14)20-19(24)15-7-9-23(20)10-8-15/h3-6,15,17,19-20H,7-12H2,1-2H3/t17-,19+,20+/m0/s1. The van der Waals surface area contributed by atoms with Crippen molar-refractivity contribution in [2.75, 3.05) is 26.7 Å². The molecule has 6 heteroatoms. The van der Waals surface area contributed by atoms with Gasteiger partial charge in [0, 0.05) is 31.1 Å². The van der Waals surface area contributed by atoms with Crippen molar-refractivity contribution in [3.63, 3.8) is 0 Å². The van der Waals surface area contributed by atoms with Crippen LogP contribution < -0.4 is 4.74 Å². The molecule has 1 aromatic heterocycles. The van der Waals surface area contributed by atoms with Gasteiger partial charge in [0.2, 0.25) is 0 Å². The summed E-state index contributed by atoms with van der Waals surface area (Å²) >= 11 is 1.56. The lowest BCUT2D eigenvalue weighted by molar-refractivity contribution is -0.00850. The van der Waals surface area contributed by atoms with Crippen LogP contribution in [-0.2, 0) is 6.54 Å². The van der Waals surface area contributed by atoms with Crippen molar-refractivity contribution < 1.29 is 4.74 Å². The number of hydrogen-bond donors (Lipinski definition) is 0. The fourth-order valence-corrected chi connectivity index (χ4v) is 6.11. The summed E-state index contributed by atoms with van der Waals surface area (Å²) in [5.41, 5.74) is 2.55. The number of hydrogen-bond acceptors (Lipinski definition) is 6. The number of rotatable bonds is 4. The summed E-state index contributed by atoms with van der Waals surface area (Å²) in [5.74, 6) is 2.36. The van der Waals surface area contributed by atoms with Crippen LogP contribution in [0.3, 0.4) is 0 Å². The minimum atomic E-state index is 0.579. The molecule has 0 spiro atoms. The Kier molecular flexibility index (Phi) is 4.22. The molecule has 3 atom stereocenters. The monoisotopic (exact) mass is 370 g/mol. The first-order chi connectivity index (χ1) is 12.7. The van der Waals surface area contributed by atoms with Gasteiger partial charge >= 0.3 is 0 Å². The van der Waals surface area contributed by atoms with E-state index in [-0.39, 0.29) is 0 Å². The van der Waals surface area contributed by atoms with Gasteiger partial charge in [-0.05, 0) is 68.0 Å². The number of benzene rings is 1. The predicted molar refractivity (Wildman–Crippen MR) is 103 cm³/mol. The summed E-state index contributed by atoms with van der Waals surface area (Å²) in [6.07, 6.45) is 2.71. The van der Waals surface area contributed by atoms with Gasteiger partial charge in [0.25, 0.3) is 0 Å².